The molecule has 1 aromatic heterocycles. The van der Waals surface area contributed by atoms with Crippen molar-refractivity contribution < 1.29 is 17.6 Å². The van der Waals surface area contributed by atoms with Crippen molar-refractivity contribution in [1.29, 1.82) is 0 Å². The van der Waals surface area contributed by atoms with Gasteiger partial charge in [-0.25, -0.2) is 18.4 Å². The number of nitrogens with one attached hydrogen (secondary N) is 2. The minimum Gasteiger partial charge on any atom is -0.467 e. The molecule has 0 saturated carbocycles. The van der Waals surface area contributed by atoms with Gasteiger partial charge in [0.15, 0.2) is 0 Å². The highest BCUT2D eigenvalue weighted by molar-refractivity contribution is 7.89. The molecule has 8 heteroatoms. The average Bonchev–Trinajstić information content (AvgIpc) is 2.84. The summed E-state index contributed by atoms with van der Waals surface area (Å²) in [7, 11) is -3.68. The molecular weight excluding hydrogens is 306 g/mol. The van der Waals surface area contributed by atoms with Crippen LogP contribution in [0.25, 0.3) is 0 Å². The predicted molar refractivity (Wildman–Crippen MR) is 82.0 cm³/mol. The number of carbonyl (C=O) groups is 1. The van der Waals surface area contributed by atoms with Crippen molar-refractivity contribution in [2.24, 2.45) is 5.14 Å². The van der Waals surface area contributed by atoms with E-state index in [-0.39, 0.29) is 10.9 Å². The highest BCUT2D eigenvalue weighted by Crippen LogP contribution is 2.14. The van der Waals surface area contributed by atoms with Gasteiger partial charge in [-0.2, -0.15) is 0 Å². The minimum atomic E-state index is -3.68. The van der Waals surface area contributed by atoms with Crippen molar-refractivity contribution in [3.05, 3.63) is 47.9 Å². The number of urea groups is 1. The summed E-state index contributed by atoms with van der Waals surface area (Å²) >= 11 is 0. The van der Waals surface area contributed by atoms with Gasteiger partial charge >= 0.3 is 6.03 Å². The number of anilines is 1. The number of sulfonamides is 1. The molecule has 2 amide bonds. The highest BCUT2D eigenvalue weighted by atomic mass is 32.2. The molecular formula is C14H17N3O4S. The number of hydrogen-bond acceptors (Lipinski definition) is 4. The number of hydrogen-bond donors (Lipinski definition) is 3. The van der Waals surface area contributed by atoms with Gasteiger partial charge < -0.3 is 15.1 Å². The normalized spacial score (nSPS) is 11.2. The first kappa shape index (κ1) is 16.1. The topological polar surface area (TPSA) is 114 Å². The minimum absolute atomic E-state index is 0.0670. The zero-order chi connectivity index (χ0) is 16.2. The van der Waals surface area contributed by atoms with Crippen LogP contribution in [0.1, 0.15) is 11.3 Å². The lowest BCUT2D eigenvalue weighted by atomic mass is 10.1. The van der Waals surface area contributed by atoms with Crippen LogP contribution in [0.2, 0.25) is 0 Å². The fourth-order valence-electron chi connectivity index (χ4n) is 1.85. The first-order valence-corrected chi connectivity index (χ1v) is 8.11. The molecule has 7 nitrogen and oxygen atoms in total. The summed E-state index contributed by atoms with van der Waals surface area (Å²) in [5.74, 6) is 0.633. The van der Waals surface area contributed by atoms with E-state index in [1.807, 2.05) is 0 Å². The van der Waals surface area contributed by atoms with Crippen LogP contribution in [0.3, 0.4) is 0 Å². The molecule has 0 spiro atoms. The van der Waals surface area contributed by atoms with Gasteiger partial charge in [0.2, 0.25) is 10.0 Å². The van der Waals surface area contributed by atoms with Crippen LogP contribution in [-0.2, 0) is 16.4 Å². The molecule has 0 atom stereocenters. The highest BCUT2D eigenvalue weighted by Gasteiger charge is 2.08. The third kappa shape index (κ3) is 4.34. The van der Waals surface area contributed by atoms with Crippen LogP contribution in [0.15, 0.2) is 45.9 Å². The molecule has 0 aliphatic rings. The largest absolute Gasteiger partial charge is 0.467 e. The Morgan fingerprint density at radius 1 is 1.23 bits per heavy atom. The lowest BCUT2D eigenvalue weighted by molar-refractivity contribution is 0.252. The van der Waals surface area contributed by atoms with Gasteiger partial charge in [-0.15, -0.1) is 0 Å². The van der Waals surface area contributed by atoms with Crippen LogP contribution in [0, 0.1) is 6.92 Å². The quantitative estimate of drug-likeness (QED) is 0.775. The fraction of sp³-hybridized carbons (Fsp3) is 0.214. The Bertz CT molecular complexity index is 751. The Kier molecular flexibility index (Phi) is 4.84. The number of amides is 2. The van der Waals surface area contributed by atoms with E-state index in [2.05, 4.69) is 10.6 Å². The number of primary sulfonamides is 1. The Labute approximate surface area is 128 Å². The van der Waals surface area contributed by atoms with Crippen molar-refractivity contribution in [1.82, 2.24) is 5.32 Å². The first-order valence-electron chi connectivity index (χ1n) is 6.57. The van der Waals surface area contributed by atoms with Gasteiger partial charge in [-0.3, -0.25) is 0 Å². The standard InChI is InChI=1S/C14H17N3O4S/c1-10-13(7-9-21-10)17-14(18)16-8-6-11-2-4-12(5-3-11)22(15,19)20/h2-5,7,9H,6,8H2,1H3,(H2,15,19,20)(H2,16,17,18). The Morgan fingerprint density at radius 2 is 1.91 bits per heavy atom. The molecule has 0 saturated heterocycles. The molecule has 0 radical (unpaired) electrons. The molecule has 0 aliphatic heterocycles. The van der Waals surface area contributed by atoms with Gasteiger partial charge in [-0.1, -0.05) is 12.1 Å². The fourth-order valence-corrected chi connectivity index (χ4v) is 2.36. The molecule has 4 N–H and O–H groups in total. The zero-order valence-electron chi connectivity index (χ0n) is 12.0. The van der Waals surface area contributed by atoms with E-state index >= 15 is 0 Å². The van der Waals surface area contributed by atoms with E-state index in [0.29, 0.717) is 24.4 Å². The maximum atomic E-state index is 11.7. The number of furan rings is 1. The summed E-state index contributed by atoms with van der Waals surface area (Å²) in [5.41, 5.74) is 1.52. The summed E-state index contributed by atoms with van der Waals surface area (Å²) in [6, 6.07) is 7.56. The summed E-state index contributed by atoms with van der Waals surface area (Å²) in [6.45, 7) is 2.17. The second kappa shape index (κ2) is 6.63. The molecule has 0 aliphatic carbocycles. The van der Waals surface area contributed by atoms with Crippen LogP contribution in [-0.4, -0.2) is 21.0 Å². The van der Waals surface area contributed by atoms with Crippen LogP contribution in [0.4, 0.5) is 10.5 Å². The molecule has 0 bridgehead atoms. The lowest BCUT2D eigenvalue weighted by Gasteiger charge is -2.07. The molecule has 1 heterocycles. The molecule has 0 unspecified atom stereocenters. The van der Waals surface area contributed by atoms with Gasteiger partial charge in [0, 0.05) is 12.6 Å². The van der Waals surface area contributed by atoms with Crippen LogP contribution < -0.4 is 15.8 Å². The average molecular weight is 323 g/mol. The van der Waals surface area contributed by atoms with Crippen molar-refractivity contribution in [3.63, 3.8) is 0 Å². The molecule has 118 valence electrons. The maximum absolute atomic E-state index is 11.7. The Morgan fingerprint density at radius 3 is 2.45 bits per heavy atom. The van der Waals surface area contributed by atoms with Gasteiger partial charge in [0.25, 0.3) is 0 Å². The number of rotatable bonds is 5. The molecule has 2 rings (SSSR count). The monoisotopic (exact) mass is 323 g/mol. The third-order valence-electron chi connectivity index (χ3n) is 3.06. The van der Waals surface area contributed by atoms with E-state index in [9.17, 15) is 13.2 Å². The maximum Gasteiger partial charge on any atom is 0.319 e. The molecule has 22 heavy (non-hydrogen) atoms. The van der Waals surface area contributed by atoms with Crippen molar-refractivity contribution in [2.45, 2.75) is 18.2 Å². The lowest BCUT2D eigenvalue weighted by Crippen LogP contribution is -2.30. The molecule has 2 aromatic rings. The number of aryl methyl sites for hydroxylation is 1. The van der Waals surface area contributed by atoms with Crippen molar-refractivity contribution in [3.8, 4) is 0 Å². The van der Waals surface area contributed by atoms with E-state index in [0.717, 1.165) is 5.56 Å². The van der Waals surface area contributed by atoms with E-state index in [1.54, 1.807) is 25.1 Å². The van der Waals surface area contributed by atoms with Crippen molar-refractivity contribution >= 4 is 21.7 Å². The molecule has 0 fully saturated rings. The zero-order valence-corrected chi connectivity index (χ0v) is 12.8. The Hall–Kier alpha value is -2.32. The Balaban J connectivity index is 1.81. The van der Waals surface area contributed by atoms with Crippen LogP contribution >= 0.6 is 0 Å². The first-order chi connectivity index (χ1) is 10.4. The third-order valence-corrected chi connectivity index (χ3v) is 3.99. The summed E-state index contributed by atoms with van der Waals surface area (Å²) < 4.78 is 27.3. The van der Waals surface area contributed by atoms with Crippen LogP contribution in [0.5, 0.6) is 0 Å². The van der Waals surface area contributed by atoms with E-state index in [1.165, 1.54) is 18.4 Å². The summed E-state index contributed by atoms with van der Waals surface area (Å²) in [4.78, 5) is 11.7. The number of benzene rings is 1. The van der Waals surface area contributed by atoms with Gasteiger partial charge in [0.1, 0.15) is 5.76 Å². The smallest absolute Gasteiger partial charge is 0.319 e. The van der Waals surface area contributed by atoms with E-state index in [4.69, 9.17) is 9.56 Å². The number of carbonyl (C=O) groups excluding carboxylic acids is 1. The number of nitrogens with two attached hydrogens (primary N) is 1. The summed E-state index contributed by atoms with van der Waals surface area (Å²) in [6.07, 6.45) is 2.07. The van der Waals surface area contributed by atoms with Crippen molar-refractivity contribution in [2.75, 3.05) is 11.9 Å². The molecule has 1 aromatic carbocycles. The predicted octanol–water partition coefficient (Wildman–Crippen LogP) is 1.60. The second-order valence-electron chi connectivity index (χ2n) is 4.71. The van der Waals surface area contributed by atoms with Gasteiger partial charge in [-0.05, 0) is 31.0 Å². The summed E-state index contributed by atoms with van der Waals surface area (Å²) in [5, 5.41) is 10.4. The van der Waals surface area contributed by atoms with E-state index < -0.39 is 10.0 Å². The SMILES string of the molecule is Cc1occc1NC(=O)NCCc1ccc(S(N)(=O)=O)cc1. The second-order valence-corrected chi connectivity index (χ2v) is 6.27. The van der Waals surface area contributed by atoms with Gasteiger partial charge in [0.05, 0.1) is 16.8 Å².